The van der Waals surface area contributed by atoms with Crippen molar-refractivity contribution in [3.05, 3.63) is 71.7 Å². The fourth-order valence-electron chi connectivity index (χ4n) is 4.54. The zero-order valence-electron chi connectivity index (χ0n) is 18.0. The molecule has 4 heterocycles. The lowest BCUT2D eigenvalue weighted by Crippen LogP contribution is -2.38. The molecule has 0 atom stereocenters. The first-order chi connectivity index (χ1) is 16.2. The van der Waals surface area contributed by atoms with E-state index in [0.29, 0.717) is 31.2 Å². The summed E-state index contributed by atoms with van der Waals surface area (Å²) in [5.74, 6) is 2.90. The number of aromatic amines is 1. The summed E-state index contributed by atoms with van der Waals surface area (Å²) in [6, 6.07) is 17.6. The van der Waals surface area contributed by atoms with Gasteiger partial charge in [-0.2, -0.15) is 5.10 Å². The average molecular weight is 441 g/mol. The molecule has 1 saturated heterocycles. The Morgan fingerprint density at radius 1 is 1.03 bits per heavy atom. The molecule has 33 heavy (non-hydrogen) atoms. The number of piperidine rings is 1. The van der Waals surface area contributed by atoms with Gasteiger partial charge in [0.05, 0.1) is 6.61 Å². The highest BCUT2D eigenvalue weighted by atomic mass is 16.5. The molecule has 2 aliphatic rings. The zero-order valence-corrected chi connectivity index (χ0v) is 18.0. The van der Waals surface area contributed by atoms with Gasteiger partial charge >= 0.3 is 0 Å². The molecule has 2 aromatic carbocycles. The van der Waals surface area contributed by atoms with Gasteiger partial charge in [0.1, 0.15) is 17.3 Å². The van der Waals surface area contributed by atoms with Crippen molar-refractivity contribution in [1.29, 1.82) is 0 Å². The molecular weight excluding hydrogens is 418 g/mol. The number of aromatic nitrogens is 4. The first-order valence-electron chi connectivity index (χ1n) is 11.2. The lowest BCUT2D eigenvalue weighted by Gasteiger charge is -2.30. The highest BCUT2D eigenvalue weighted by molar-refractivity contribution is 5.92. The Kier molecular flexibility index (Phi) is 4.90. The molecule has 2 aliphatic heterocycles. The first-order valence-corrected chi connectivity index (χ1v) is 11.2. The fraction of sp³-hybridized carbons (Fsp3) is 0.280. The van der Waals surface area contributed by atoms with Crippen LogP contribution in [-0.2, 0) is 6.42 Å². The lowest BCUT2D eigenvalue weighted by atomic mass is 9.96. The quantitative estimate of drug-likeness (QED) is 0.513. The molecule has 1 amide bonds. The number of hydrogen-bond donors (Lipinski definition) is 1. The smallest absolute Gasteiger partial charge is 0.292 e. The SMILES string of the molecule is O=C(c1cc(-c2ccc3c(c2)CCO3)no1)N1CCC(c2nc(-c3ccccc3)n[nH]2)CC1. The highest BCUT2D eigenvalue weighted by Crippen LogP contribution is 2.31. The molecular formula is C25H23N5O3. The molecule has 166 valence electrons. The molecule has 6 rings (SSSR count). The molecule has 0 radical (unpaired) electrons. The molecule has 0 spiro atoms. The number of nitrogens with zero attached hydrogens (tertiary/aromatic N) is 4. The van der Waals surface area contributed by atoms with Crippen LogP contribution in [0, 0.1) is 0 Å². The van der Waals surface area contributed by atoms with Crippen molar-refractivity contribution < 1.29 is 14.1 Å². The minimum absolute atomic E-state index is 0.126. The topological polar surface area (TPSA) is 97.1 Å². The molecule has 0 aliphatic carbocycles. The molecule has 4 aromatic rings. The van der Waals surface area contributed by atoms with Crippen molar-refractivity contribution in [1.82, 2.24) is 25.2 Å². The van der Waals surface area contributed by atoms with E-state index in [2.05, 4.69) is 26.4 Å². The largest absolute Gasteiger partial charge is 0.493 e. The van der Waals surface area contributed by atoms with E-state index in [1.807, 2.05) is 47.4 Å². The van der Waals surface area contributed by atoms with Gasteiger partial charge in [-0.15, -0.1) is 0 Å². The summed E-state index contributed by atoms with van der Waals surface area (Å²) >= 11 is 0. The summed E-state index contributed by atoms with van der Waals surface area (Å²) in [5, 5.41) is 11.6. The number of nitrogens with one attached hydrogen (secondary N) is 1. The van der Waals surface area contributed by atoms with Crippen molar-refractivity contribution in [2.75, 3.05) is 19.7 Å². The van der Waals surface area contributed by atoms with Crippen molar-refractivity contribution >= 4 is 5.91 Å². The van der Waals surface area contributed by atoms with Gasteiger partial charge in [-0.1, -0.05) is 35.5 Å². The number of amides is 1. The zero-order chi connectivity index (χ0) is 22.2. The van der Waals surface area contributed by atoms with Crippen molar-refractivity contribution in [2.45, 2.75) is 25.2 Å². The second kappa shape index (κ2) is 8.20. The monoisotopic (exact) mass is 441 g/mol. The van der Waals surface area contributed by atoms with Crippen molar-refractivity contribution in [3.8, 4) is 28.4 Å². The maximum Gasteiger partial charge on any atom is 0.292 e. The number of hydrogen-bond acceptors (Lipinski definition) is 6. The van der Waals surface area contributed by atoms with Gasteiger partial charge in [0.25, 0.3) is 5.91 Å². The van der Waals surface area contributed by atoms with Gasteiger partial charge in [-0.25, -0.2) is 4.98 Å². The summed E-state index contributed by atoms with van der Waals surface area (Å²) in [6.07, 6.45) is 2.53. The number of ether oxygens (including phenoxy) is 1. The van der Waals surface area contributed by atoms with E-state index in [4.69, 9.17) is 9.26 Å². The number of carbonyl (C=O) groups is 1. The maximum atomic E-state index is 13.0. The van der Waals surface area contributed by atoms with Crippen molar-refractivity contribution in [2.24, 2.45) is 0 Å². The molecule has 8 heteroatoms. The Morgan fingerprint density at radius 2 is 1.88 bits per heavy atom. The Morgan fingerprint density at radius 3 is 2.73 bits per heavy atom. The molecule has 1 fully saturated rings. The van der Waals surface area contributed by atoms with Crippen molar-refractivity contribution in [3.63, 3.8) is 0 Å². The number of rotatable bonds is 4. The minimum atomic E-state index is -0.126. The Bertz CT molecular complexity index is 1290. The predicted octanol–water partition coefficient (Wildman–Crippen LogP) is 4.08. The van der Waals surface area contributed by atoms with E-state index >= 15 is 0 Å². The van der Waals surface area contributed by atoms with Crippen LogP contribution in [0.4, 0.5) is 0 Å². The van der Waals surface area contributed by atoms with Crippen LogP contribution in [0.2, 0.25) is 0 Å². The van der Waals surface area contributed by atoms with E-state index < -0.39 is 0 Å². The summed E-state index contributed by atoms with van der Waals surface area (Å²) in [6.45, 7) is 1.98. The Labute approximate surface area is 190 Å². The van der Waals surface area contributed by atoms with Crippen LogP contribution >= 0.6 is 0 Å². The van der Waals surface area contributed by atoms with E-state index in [0.717, 1.165) is 47.5 Å². The van der Waals surface area contributed by atoms with E-state index in [1.54, 1.807) is 6.07 Å². The molecule has 0 bridgehead atoms. The van der Waals surface area contributed by atoms with Gasteiger partial charge in [0.15, 0.2) is 5.82 Å². The number of carbonyl (C=O) groups excluding carboxylic acids is 1. The molecule has 0 saturated carbocycles. The molecule has 8 nitrogen and oxygen atoms in total. The minimum Gasteiger partial charge on any atom is -0.493 e. The second-order valence-corrected chi connectivity index (χ2v) is 8.47. The average Bonchev–Trinajstić information content (AvgIpc) is 3.64. The van der Waals surface area contributed by atoms with Crippen LogP contribution < -0.4 is 4.74 Å². The molecule has 0 unspecified atom stereocenters. The number of H-pyrrole nitrogens is 1. The molecule has 1 N–H and O–H groups in total. The highest BCUT2D eigenvalue weighted by Gasteiger charge is 2.29. The third kappa shape index (κ3) is 3.77. The van der Waals surface area contributed by atoms with Crippen LogP contribution in [0.5, 0.6) is 5.75 Å². The summed E-state index contributed by atoms with van der Waals surface area (Å²) < 4.78 is 11.0. The normalized spacial score (nSPS) is 15.9. The van der Waals surface area contributed by atoms with Gasteiger partial charge in [-0.3, -0.25) is 9.89 Å². The number of fused-ring (bicyclic) bond motifs is 1. The standard InChI is InChI=1S/C25H23N5O3/c31-25(22-15-20(29-33-22)18-6-7-21-19(14-18)10-13-32-21)30-11-8-17(9-12-30)24-26-23(27-28-24)16-4-2-1-3-5-16/h1-7,14-15,17H,8-13H2,(H,26,27,28). The summed E-state index contributed by atoms with van der Waals surface area (Å²) in [4.78, 5) is 19.5. The van der Waals surface area contributed by atoms with Gasteiger partial charge in [-0.05, 0) is 36.6 Å². The van der Waals surface area contributed by atoms with Gasteiger partial charge in [0, 0.05) is 42.6 Å². The van der Waals surface area contributed by atoms with E-state index in [9.17, 15) is 4.79 Å². The van der Waals surface area contributed by atoms with Crippen LogP contribution in [0.1, 0.15) is 40.7 Å². The number of likely N-dealkylation sites (tertiary alicyclic amines) is 1. The summed E-state index contributed by atoms with van der Waals surface area (Å²) in [7, 11) is 0. The Balaban J connectivity index is 1.10. The van der Waals surface area contributed by atoms with Gasteiger partial charge in [0.2, 0.25) is 5.76 Å². The third-order valence-corrected chi connectivity index (χ3v) is 6.41. The fourth-order valence-corrected chi connectivity index (χ4v) is 4.54. The second-order valence-electron chi connectivity index (χ2n) is 8.47. The molecule has 2 aromatic heterocycles. The number of benzene rings is 2. The van der Waals surface area contributed by atoms with Crippen LogP contribution in [0.15, 0.2) is 59.1 Å². The summed E-state index contributed by atoms with van der Waals surface area (Å²) in [5.41, 5.74) is 3.75. The van der Waals surface area contributed by atoms with Crippen LogP contribution in [0.25, 0.3) is 22.6 Å². The maximum absolute atomic E-state index is 13.0. The van der Waals surface area contributed by atoms with Gasteiger partial charge < -0.3 is 14.2 Å². The van der Waals surface area contributed by atoms with Crippen LogP contribution in [-0.4, -0.2) is 50.8 Å². The third-order valence-electron chi connectivity index (χ3n) is 6.41. The van der Waals surface area contributed by atoms with E-state index in [1.165, 1.54) is 0 Å². The first kappa shape index (κ1) is 19.7. The van der Waals surface area contributed by atoms with Crippen LogP contribution in [0.3, 0.4) is 0 Å². The Hall–Kier alpha value is -3.94. The lowest BCUT2D eigenvalue weighted by molar-refractivity contribution is 0.0669. The van der Waals surface area contributed by atoms with E-state index in [-0.39, 0.29) is 17.6 Å². The predicted molar refractivity (Wildman–Crippen MR) is 121 cm³/mol.